The molecule has 0 amide bonds. The summed E-state index contributed by atoms with van der Waals surface area (Å²) in [6.45, 7) is 0. The number of aromatic nitrogens is 1. The molecule has 0 aliphatic heterocycles. The molecule has 1 aromatic heterocycles. The second-order valence-corrected chi connectivity index (χ2v) is 4.52. The molecule has 88 valence electrons. The van der Waals surface area contributed by atoms with E-state index in [2.05, 4.69) is 20.9 Å². The smallest absolute Gasteiger partial charge is 0.242 e. The number of nitrogen functional groups attached to an aromatic ring is 1. The second kappa shape index (κ2) is 4.89. The Morgan fingerprint density at radius 3 is 2.82 bits per heavy atom. The number of halogens is 3. The molecule has 0 bridgehead atoms. The first kappa shape index (κ1) is 12.1. The minimum Gasteiger partial charge on any atom is -0.432 e. The van der Waals surface area contributed by atoms with Crippen molar-refractivity contribution in [2.45, 2.75) is 0 Å². The van der Waals surface area contributed by atoms with Gasteiger partial charge in [-0.3, -0.25) is 0 Å². The summed E-state index contributed by atoms with van der Waals surface area (Å²) in [7, 11) is 0. The number of rotatable bonds is 2. The minimum atomic E-state index is -0.568. The zero-order valence-corrected chi connectivity index (χ0v) is 10.8. The highest BCUT2D eigenvalue weighted by Crippen LogP contribution is 2.33. The summed E-state index contributed by atoms with van der Waals surface area (Å²) < 4.78 is 19.4. The molecule has 0 spiro atoms. The van der Waals surface area contributed by atoms with Gasteiger partial charge in [-0.1, -0.05) is 17.7 Å². The molecule has 0 aliphatic carbocycles. The van der Waals surface area contributed by atoms with E-state index in [0.29, 0.717) is 10.2 Å². The maximum Gasteiger partial charge on any atom is 0.242 e. The van der Waals surface area contributed by atoms with Crippen LogP contribution in [0.1, 0.15) is 0 Å². The minimum absolute atomic E-state index is 0.0873. The third-order valence-corrected chi connectivity index (χ3v) is 2.69. The highest BCUT2D eigenvalue weighted by molar-refractivity contribution is 9.10. The van der Waals surface area contributed by atoms with Gasteiger partial charge in [0.1, 0.15) is 0 Å². The predicted octanol–water partition coefficient (Wildman–Crippen LogP) is 4.01. The standard InChI is InChI=1S/C11H7BrClFN2O/c12-6-4-9(15)11(16-5-6)17-10-7(13)2-1-3-8(10)14/h1-5H,15H2. The van der Waals surface area contributed by atoms with Crippen LogP contribution >= 0.6 is 27.5 Å². The molecule has 0 saturated carbocycles. The summed E-state index contributed by atoms with van der Waals surface area (Å²) in [5.41, 5.74) is 5.98. The first-order valence-electron chi connectivity index (χ1n) is 4.61. The Hall–Kier alpha value is -1.33. The van der Waals surface area contributed by atoms with E-state index in [9.17, 15) is 4.39 Å². The van der Waals surface area contributed by atoms with E-state index in [1.807, 2.05) is 0 Å². The lowest BCUT2D eigenvalue weighted by atomic mass is 10.3. The molecule has 0 saturated heterocycles. The number of para-hydroxylation sites is 1. The molecule has 0 unspecified atom stereocenters. The number of benzene rings is 1. The van der Waals surface area contributed by atoms with Gasteiger partial charge in [0.15, 0.2) is 11.6 Å². The van der Waals surface area contributed by atoms with Crippen molar-refractivity contribution >= 4 is 33.2 Å². The third-order valence-electron chi connectivity index (χ3n) is 1.96. The predicted molar refractivity (Wildman–Crippen MR) is 67.8 cm³/mol. The van der Waals surface area contributed by atoms with Crippen LogP contribution in [0.15, 0.2) is 34.9 Å². The Kier molecular flexibility index (Phi) is 3.49. The fraction of sp³-hybridized carbons (Fsp3) is 0. The Morgan fingerprint density at radius 2 is 2.18 bits per heavy atom. The molecule has 0 radical (unpaired) electrons. The first-order valence-corrected chi connectivity index (χ1v) is 5.78. The molecular formula is C11H7BrClFN2O. The van der Waals surface area contributed by atoms with E-state index < -0.39 is 5.82 Å². The van der Waals surface area contributed by atoms with Gasteiger partial charge in [0.05, 0.1) is 10.7 Å². The van der Waals surface area contributed by atoms with Crippen LogP contribution in [-0.4, -0.2) is 4.98 Å². The van der Waals surface area contributed by atoms with Crippen LogP contribution in [0.3, 0.4) is 0 Å². The fourth-order valence-electron chi connectivity index (χ4n) is 1.20. The SMILES string of the molecule is Nc1cc(Br)cnc1Oc1c(F)cccc1Cl. The normalized spacial score (nSPS) is 10.3. The lowest BCUT2D eigenvalue weighted by Gasteiger charge is -2.09. The molecule has 2 rings (SSSR count). The molecular weight excluding hydrogens is 310 g/mol. The van der Waals surface area contributed by atoms with Gasteiger partial charge in [0.25, 0.3) is 0 Å². The molecule has 0 aliphatic rings. The first-order chi connectivity index (χ1) is 8.08. The fourth-order valence-corrected chi connectivity index (χ4v) is 1.75. The quantitative estimate of drug-likeness (QED) is 0.910. The van der Waals surface area contributed by atoms with Crippen LogP contribution in [0.4, 0.5) is 10.1 Å². The second-order valence-electron chi connectivity index (χ2n) is 3.20. The van der Waals surface area contributed by atoms with E-state index in [1.54, 1.807) is 6.07 Å². The van der Waals surface area contributed by atoms with Crippen molar-refractivity contribution in [2.24, 2.45) is 0 Å². The number of nitrogens with zero attached hydrogens (tertiary/aromatic N) is 1. The lowest BCUT2D eigenvalue weighted by molar-refractivity contribution is 0.430. The molecule has 6 heteroatoms. The summed E-state index contributed by atoms with van der Waals surface area (Å²) in [6, 6.07) is 5.87. The van der Waals surface area contributed by atoms with E-state index in [1.165, 1.54) is 24.4 Å². The van der Waals surface area contributed by atoms with Crippen LogP contribution in [0, 0.1) is 5.82 Å². The third kappa shape index (κ3) is 2.68. The number of hydrogen-bond donors (Lipinski definition) is 1. The monoisotopic (exact) mass is 316 g/mol. The molecule has 1 aromatic carbocycles. The number of anilines is 1. The number of pyridine rings is 1. The Morgan fingerprint density at radius 1 is 1.41 bits per heavy atom. The van der Waals surface area contributed by atoms with Crippen molar-refractivity contribution in [3.8, 4) is 11.6 Å². The summed E-state index contributed by atoms with van der Waals surface area (Å²) in [5.74, 6) is -0.544. The Labute approximate surface area is 110 Å². The van der Waals surface area contributed by atoms with Crippen molar-refractivity contribution in [2.75, 3.05) is 5.73 Å². The molecule has 0 fully saturated rings. The summed E-state index contributed by atoms with van der Waals surface area (Å²) in [4.78, 5) is 3.94. The zero-order valence-electron chi connectivity index (χ0n) is 8.45. The van der Waals surface area contributed by atoms with Gasteiger partial charge in [-0.05, 0) is 34.1 Å². The molecule has 2 aromatic rings. The Bertz CT molecular complexity index is 545. The molecule has 2 N–H and O–H groups in total. The van der Waals surface area contributed by atoms with Crippen molar-refractivity contribution in [1.82, 2.24) is 4.98 Å². The van der Waals surface area contributed by atoms with E-state index >= 15 is 0 Å². The molecule has 1 heterocycles. The van der Waals surface area contributed by atoms with Crippen LogP contribution in [0.2, 0.25) is 5.02 Å². The summed E-state index contributed by atoms with van der Waals surface area (Å²) >= 11 is 9.03. The summed E-state index contributed by atoms with van der Waals surface area (Å²) in [5, 5.41) is 0.161. The molecule has 17 heavy (non-hydrogen) atoms. The maximum atomic E-state index is 13.5. The van der Waals surface area contributed by atoms with Gasteiger partial charge in [-0.15, -0.1) is 0 Å². The van der Waals surface area contributed by atoms with Crippen molar-refractivity contribution in [3.05, 3.63) is 45.8 Å². The van der Waals surface area contributed by atoms with Crippen molar-refractivity contribution in [1.29, 1.82) is 0 Å². The number of hydrogen-bond acceptors (Lipinski definition) is 3. The highest BCUT2D eigenvalue weighted by Gasteiger charge is 2.12. The van der Waals surface area contributed by atoms with Crippen molar-refractivity contribution < 1.29 is 9.13 Å². The molecule has 3 nitrogen and oxygen atoms in total. The Balaban J connectivity index is 2.38. The van der Waals surface area contributed by atoms with Gasteiger partial charge in [0.2, 0.25) is 5.88 Å². The summed E-state index contributed by atoms with van der Waals surface area (Å²) in [6.07, 6.45) is 1.50. The number of nitrogens with two attached hydrogens (primary N) is 1. The largest absolute Gasteiger partial charge is 0.432 e. The van der Waals surface area contributed by atoms with Gasteiger partial charge in [0, 0.05) is 10.7 Å². The lowest BCUT2D eigenvalue weighted by Crippen LogP contribution is -1.96. The van der Waals surface area contributed by atoms with E-state index in [0.717, 1.165) is 0 Å². The molecule has 0 atom stereocenters. The van der Waals surface area contributed by atoms with Gasteiger partial charge in [-0.25, -0.2) is 9.37 Å². The average Bonchev–Trinajstić information content (AvgIpc) is 2.26. The van der Waals surface area contributed by atoms with Crippen molar-refractivity contribution in [3.63, 3.8) is 0 Å². The van der Waals surface area contributed by atoms with Gasteiger partial charge in [-0.2, -0.15) is 0 Å². The van der Waals surface area contributed by atoms with Gasteiger partial charge < -0.3 is 10.5 Å². The van der Waals surface area contributed by atoms with Crippen LogP contribution < -0.4 is 10.5 Å². The zero-order chi connectivity index (χ0) is 12.4. The van der Waals surface area contributed by atoms with E-state index in [4.69, 9.17) is 22.1 Å². The van der Waals surface area contributed by atoms with E-state index in [-0.39, 0.29) is 16.7 Å². The van der Waals surface area contributed by atoms with Crippen LogP contribution in [-0.2, 0) is 0 Å². The highest BCUT2D eigenvalue weighted by atomic mass is 79.9. The van der Waals surface area contributed by atoms with Crippen LogP contribution in [0.25, 0.3) is 0 Å². The topological polar surface area (TPSA) is 48.1 Å². The number of ether oxygens (including phenoxy) is 1. The van der Waals surface area contributed by atoms with Crippen LogP contribution in [0.5, 0.6) is 11.6 Å². The van der Waals surface area contributed by atoms with Gasteiger partial charge >= 0.3 is 0 Å². The maximum absolute atomic E-state index is 13.5. The average molecular weight is 318 g/mol.